The summed E-state index contributed by atoms with van der Waals surface area (Å²) in [7, 11) is 1.28. The lowest BCUT2D eigenvalue weighted by molar-refractivity contribution is -0.384. The van der Waals surface area contributed by atoms with E-state index in [1.54, 1.807) is 29.2 Å². The molecule has 3 aromatic rings. The number of carbonyl (C=O) groups excluding carboxylic acids is 4. The summed E-state index contributed by atoms with van der Waals surface area (Å²) in [6.07, 6.45) is 0.499. The molecule has 1 aliphatic rings. The minimum absolute atomic E-state index is 0.0441. The molecule has 1 aromatic heterocycles. The van der Waals surface area contributed by atoms with Crippen LogP contribution in [0.25, 0.3) is 0 Å². The zero-order valence-corrected chi connectivity index (χ0v) is 22.6. The largest absolute Gasteiger partial charge is 0.465 e. The van der Waals surface area contributed by atoms with Crippen LogP contribution in [-0.2, 0) is 27.3 Å². The minimum atomic E-state index is -0.539. The quantitative estimate of drug-likeness (QED) is 0.177. The van der Waals surface area contributed by atoms with Crippen LogP contribution in [0.3, 0.4) is 0 Å². The second-order valence-corrected chi connectivity index (χ2v) is 10.7. The van der Waals surface area contributed by atoms with Crippen molar-refractivity contribution in [3.8, 4) is 0 Å². The number of nitro benzene ring substituents is 1. The lowest BCUT2D eigenvalue weighted by Crippen LogP contribution is -2.33. The number of nitrogens with zero attached hydrogens (tertiary/aromatic N) is 2. The van der Waals surface area contributed by atoms with E-state index in [0.717, 1.165) is 15.3 Å². The van der Waals surface area contributed by atoms with E-state index in [2.05, 4.69) is 10.6 Å². The van der Waals surface area contributed by atoms with Gasteiger partial charge in [0.05, 0.1) is 29.9 Å². The molecule has 0 spiro atoms. The Hall–Kier alpha value is -4.23. The summed E-state index contributed by atoms with van der Waals surface area (Å²) in [4.78, 5) is 63.1. The van der Waals surface area contributed by atoms with Crippen LogP contribution in [0, 0.1) is 10.1 Å². The van der Waals surface area contributed by atoms with Crippen molar-refractivity contribution in [2.75, 3.05) is 30.0 Å². The number of esters is 1. The summed E-state index contributed by atoms with van der Waals surface area (Å²) >= 11 is 2.51. The van der Waals surface area contributed by atoms with Gasteiger partial charge in [-0.2, -0.15) is 0 Å². The Balaban J connectivity index is 1.39. The normalized spacial score (nSPS) is 12.3. The highest BCUT2D eigenvalue weighted by Gasteiger charge is 2.30. The zero-order valence-electron chi connectivity index (χ0n) is 21.0. The number of nitrogens with one attached hydrogen (secondary N) is 2. The second-order valence-electron chi connectivity index (χ2n) is 8.51. The lowest BCUT2D eigenvalue weighted by Gasteiger charge is -2.25. The van der Waals surface area contributed by atoms with Crippen molar-refractivity contribution in [1.82, 2.24) is 4.90 Å². The Morgan fingerprint density at radius 2 is 1.87 bits per heavy atom. The molecular formula is C26H24N4O7S2. The fraction of sp³-hybridized carbons (Fsp3) is 0.231. The van der Waals surface area contributed by atoms with E-state index in [0.29, 0.717) is 35.8 Å². The first-order valence-electron chi connectivity index (χ1n) is 11.7. The maximum absolute atomic E-state index is 12.8. The van der Waals surface area contributed by atoms with E-state index in [1.165, 1.54) is 61.4 Å². The van der Waals surface area contributed by atoms with Crippen LogP contribution in [0.15, 0.2) is 53.4 Å². The Kier molecular flexibility index (Phi) is 8.62. The molecule has 13 heteroatoms. The lowest BCUT2D eigenvalue weighted by atomic mass is 10.0. The van der Waals surface area contributed by atoms with E-state index < -0.39 is 16.8 Å². The SMILES string of the molecule is COC(=O)c1c(NC(=O)CSc2cccc(NC(=O)c3ccc([N+](=O)[O-])cc3)c2)sc2c1CCN(C(C)=O)C2. The molecule has 2 aromatic carbocycles. The smallest absolute Gasteiger partial charge is 0.341 e. The number of hydrogen-bond donors (Lipinski definition) is 2. The van der Waals surface area contributed by atoms with E-state index in [1.807, 2.05) is 0 Å². The highest BCUT2D eigenvalue weighted by atomic mass is 32.2. The number of non-ortho nitro benzene ring substituents is 1. The third-order valence-corrected chi connectivity index (χ3v) is 8.07. The van der Waals surface area contributed by atoms with Gasteiger partial charge in [0.1, 0.15) is 5.00 Å². The minimum Gasteiger partial charge on any atom is -0.465 e. The number of thiophene rings is 1. The molecule has 0 aliphatic carbocycles. The molecule has 2 N–H and O–H groups in total. The van der Waals surface area contributed by atoms with Crippen molar-refractivity contribution >= 4 is 63.2 Å². The average Bonchev–Trinajstić information content (AvgIpc) is 3.28. The van der Waals surface area contributed by atoms with Crippen LogP contribution in [0.5, 0.6) is 0 Å². The number of nitro groups is 1. The van der Waals surface area contributed by atoms with Gasteiger partial charge >= 0.3 is 5.97 Å². The first-order chi connectivity index (χ1) is 18.7. The highest BCUT2D eigenvalue weighted by molar-refractivity contribution is 8.00. The first kappa shape index (κ1) is 27.8. The summed E-state index contributed by atoms with van der Waals surface area (Å²) in [5.41, 5.74) is 1.78. The fourth-order valence-electron chi connectivity index (χ4n) is 3.99. The molecule has 0 saturated heterocycles. The number of ether oxygens (including phenoxy) is 1. The number of fused-ring (bicyclic) bond motifs is 1. The number of carbonyl (C=O) groups is 4. The summed E-state index contributed by atoms with van der Waals surface area (Å²) < 4.78 is 4.95. The molecule has 0 unspecified atom stereocenters. The number of anilines is 2. The molecule has 3 amide bonds. The molecule has 0 bridgehead atoms. The van der Waals surface area contributed by atoms with Crippen molar-refractivity contribution in [2.24, 2.45) is 0 Å². The molecule has 39 heavy (non-hydrogen) atoms. The topological polar surface area (TPSA) is 148 Å². The molecule has 202 valence electrons. The maximum Gasteiger partial charge on any atom is 0.341 e. The van der Waals surface area contributed by atoms with Crippen LogP contribution < -0.4 is 10.6 Å². The fourth-order valence-corrected chi connectivity index (χ4v) is 6.01. The van der Waals surface area contributed by atoms with Crippen LogP contribution in [0.4, 0.5) is 16.4 Å². The highest BCUT2D eigenvalue weighted by Crippen LogP contribution is 2.38. The molecule has 0 fully saturated rings. The predicted molar refractivity (Wildman–Crippen MR) is 147 cm³/mol. The van der Waals surface area contributed by atoms with Crippen molar-refractivity contribution in [2.45, 2.75) is 24.8 Å². The molecule has 0 radical (unpaired) electrons. The standard InChI is InChI=1S/C26H24N4O7S2/c1-15(31)29-11-10-20-21(13-29)39-25(23(20)26(34)37-2)28-22(32)14-38-19-5-3-4-17(12-19)27-24(33)16-6-8-18(9-7-16)30(35)36/h3-9,12H,10-11,13-14H2,1-2H3,(H,27,33)(H,28,32). The van der Waals surface area contributed by atoms with Crippen molar-refractivity contribution < 1.29 is 28.8 Å². The molecule has 0 saturated carbocycles. The Morgan fingerprint density at radius 3 is 2.54 bits per heavy atom. The average molecular weight is 569 g/mol. The van der Waals surface area contributed by atoms with Crippen LogP contribution in [0.1, 0.15) is 38.1 Å². The van der Waals surface area contributed by atoms with Gasteiger partial charge in [-0.1, -0.05) is 6.07 Å². The summed E-state index contributed by atoms with van der Waals surface area (Å²) in [5.74, 6) is -1.30. The van der Waals surface area contributed by atoms with Gasteiger partial charge in [0, 0.05) is 46.6 Å². The Labute approximate surface area is 231 Å². The number of amides is 3. The van der Waals surface area contributed by atoms with Crippen LogP contribution in [0.2, 0.25) is 0 Å². The number of hydrogen-bond acceptors (Lipinski definition) is 9. The second kappa shape index (κ2) is 12.1. The van der Waals surface area contributed by atoms with Crippen molar-refractivity contribution in [3.63, 3.8) is 0 Å². The number of benzene rings is 2. The van der Waals surface area contributed by atoms with Crippen LogP contribution in [-0.4, -0.2) is 52.9 Å². The first-order valence-corrected chi connectivity index (χ1v) is 13.5. The van der Waals surface area contributed by atoms with Gasteiger partial charge in [0.25, 0.3) is 11.6 Å². The van der Waals surface area contributed by atoms with E-state index in [-0.39, 0.29) is 28.8 Å². The number of methoxy groups -OCH3 is 1. The van der Waals surface area contributed by atoms with Crippen molar-refractivity contribution in [1.29, 1.82) is 0 Å². The number of thioether (sulfide) groups is 1. The monoisotopic (exact) mass is 568 g/mol. The molecule has 4 rings (SSSR count). The molecular weight excluding hydrogens is 544 g/mol. The van der Waals surface area contributed by atoms with Gasteiger partial charge in [-0.25, -0.2) is 4.79 Å². The van der Waals surface area contributed by atoms with Gasteiger partial charge < -0.3 is 20.3 Å². The van der Waals surface area contributed by atoms with E-state index >= 15 is 0 Å². The van der Waals surface area contributed by atoms with Crippen molar-refractivity contribution in [3.05, 3.63) is 80.2 Å². The molecule has 1 aliphatic heterocycles. The number of rotatable bonds is 8. The van der Waals surface area contributed by atoms with E-state index in [9.17, 15) is 29.3 Å². The van der Waals surface area contributed by atoms with Gasteiger partial charge in [-0.3, -0.25) is 24.5 Å². The van der Waals surface area contributed by atoms with Gasteiger partial charge in [0.2, 0.25) is 11.8 Å². The molecule has 11 nitrogen and oxygen atoms in total. The van der Waals surface area contributed by atoms with Gasteiger partial charge in [-0.15, -0.1) is 23.1 Å². The predicted octanol–water partition coefficient (Wildman–Crippen LogP) is 4.33. The van der Waals surface area contributed by atoms with Crippen LogP contribution >= 0.6 is 23.1 Å². The van der Waals surface area contributed by atoms with Gasteiger partial charge in [-0.05, 0) is 42.3 Å². The third-order valence-electron chi connectivity index (χ3n) is 5.95. The van der Waals surface area contributed by atoms with E-state index in [4.69, 9.17) is 4.74 Å². The molecule has 0 atom stereocenters. The Morgan fingerprint density at radius 1 is 1.13 bits per heavy atom. The Bertz CT molecular complexity index is 1450. The summed E-state index contributed by atoms with van der Waals surface area (Å²) in [5, 5.41) is 16.8. The summed E-state index contributed by atoms with van der Waals surface area (Å²) in [6, 6.07) is 12.2. The molecule has 2 heterocycles. The third kappa shape index (κ3) is 6.62. The zero-order chi connectivity index (χ0) is 28.1. The maximum atomic E-state index is 12.8. The van der Waals surface area contributed by atoms with Gasteiger partial charge in [0.15, 0.2) is 0 Å². The summed E-state index contributed by atoms with van der Waals surface area (Å²) in [6.45, 7) is 2.36.